The number of anilines is 1. The maximum Gasteiger partial charge on any atom is 0.205 e. The standard InChI is InChI=1S/C12H14N6O3/c1-6-8(20)12(2-13,3-19)21-11(6)18-5-17-7-9(14)15-4-16-10(7)18/h4-6,8,11,19-20H,3H2,1H3,(H2,14,15,16)/t6-,8-,11+,12+/m0/s1. The van der Waals surface area contributed by atoms with Crippen molar-refractivity contribution in [3.8, 4) is 6.07 Å². The second-order valence-corrected chi connectivity index (χ2v) is 5.05. The summed E-state index contributed by atoms with van der Waals surface area (Å²) in [6.45, 7) is 1.12. The number of nitrogens with two attached hydrogens (primary N) is 1. The highest BCUT2D eigenvalue weighted by molar-refractivity contribution is 5.81. The van der Waals surface area contributed by atoms with E-state index in [0.29, 0.717) is 11.2 Å². The molecule has 1 aliphatic rings. The van der Waals surface area contributed by atoms with Crippen LogP contribution in [-0.2, 0) is 4.74 Å². The van der Waals surface area contributed by atoms with Crippen molar-refractivity contribution in [2.75, 3.05) is 12.3 Å². The average Bonchev–Trinajstić information content (AvgIpc) is 3.02. The second kappa shape index (κ2) is 4.63. The zero-order valence-corrected chi connectivity index (χ0v) is 11.2. The van der Waals surface area contributed by atoms with Crippen molar-refractivity contribution in [1.29, 1.82) is 5.26 Å². The minimum Gasteiger partial charge on any atom is -0.392 e. The van der Waals surface area contributed by atoms with E-state index in [4.69, 9.17) is 10.5 Å². The number of rotatable bonds is 2. The number of hydrogen-bond donors (Lipinski definition) is 3. The Kier molecular flexibility index (Phi) is 3.02. The van der Waals surface area contributed by atoms with E-state index < -0.39 is 30.5 Å². The second-order valence-electron chi connectivity index (χ2n) is 5.05. The minimum atomic E-state index is -1.65. The number of imidazole rings is 1. The summed E-state index contributed by atoms with van der Waals surface area (Å²) in [7, 11) is 0. The molecule has 0 saturated carbocycles. The Hall–Kier alpha value is -2.28. The highest BCUT2D eigenvalue weighted by Crippen LogP contribution is 2.41. The Morgan fingerprint density at radius 1 is 1.52 bits per heavy atom. The molecule has 1 aliphatic heterocycles. The van der Waals surface area contributed by atoms with E-state index in [9.17, 15) is 15.5 Å². The third kappa shape index (κ3) is 1.77. The molecule has 2 aromatic rings. The molecule has 0 amide bonds. The van der Waals surface area contributed by atoms with E-state index >= 15 is 0 Å². The Labute approximate surface area is 119 Å². The first-order valence-corrected chi connectivity index (χ1v) is 6.35. The molecular weight excluding hydrogens is 276 g/mol. The summed E-state index contributed by atoms with van der Waals surface area (Å²) in [6.07, 6.45) is 0.949. The first-order valence-electron chi connectivity index (χ1n) is 6.35. The van der Waals surface area contributed by atoms with Gasteiger partial charge in [0.1, 0.15) is 30.2 Å². The molecule has 110 valence electrons. The number of nitrogens with zero attached hydrogens (tertiary/aromatic N) is 5. The van der Waals surface area contributed by atoms with E-state index in [1.807, 2.05) is 6.07 Å². The Morgan fingerprint density at radius 3 is 2.90 bits per heavy atom. The van der Waals surface area contributed by atoms with Gasteiger partial charge in [-0.1, -0.05) is 6.92 Å². The molecule has 1 fully saturated rings. The summed E-state index contributed by atoms with van der Waals surface area (Å²) in [5.74, 6) is -0.205. The van der Waals surface area contributed by atoms with Crippen molar-refractivity contribution < 1.29 is 14.9 Å². The van der Waals surface area contributed by atoms with Gasteiger partial charge in [0.05, 0.1) is 12.9 Å². The Balaban J connectivity index is 2.08. The molecule has 4 N–H and O–H groups in total. The predicted octanol–water partition coefficient (Wildman–Crippen LogP) is -0.811. The maximum absolute atomic E-state index is 10.2. The fourth-order valence-electron chi connectivity index (χ4n) is 2.60. The number of nitrogen functional groups attached to an aromatic ring is 1. The largest absolute Gasteiger partial charge is 0.392 e. The van der Waals surface area contributed by atoms with Gasteiger partial charge in [-0.05, 0) is 0 Å². The van der Waals surface area contributed by atoms with Crippen LogP contribution in [0.25, 0.3) is 11.2 Å². The first kappa shape index (κ1) is 13.7. The molecule has 0 aromatic carbocycles. The molecule has 0 unspecified atom stereocenters. The molecule has 0 radical (unpaired) electrons. The van der Waals surface area contributed by atoms with Crippen LogP contribution in [0.3, 0.4) is 0 Å². The molecule has 3 heterocycles. The fraction of sp³-hybridized carbons (Fsp3) is 0.500. The zero-order valence-electron chi connectivity index (χ0n) is 11.2. The van der Waals surface area contributed by atoms with Crippen LogP contribution in [0.4, 0.5) is 5.82 Å². The van der Waals surface area contributed by atoms with Gasteiger partial charge in [-0.25, -0.2) is 15.0 Å². The highest BCUT2D eigenvalue weighted by Gasteiger charge is 2.54. The molecule has 0 bridgehead atoms. The van der Waals surface area contributed by atoms with Crippen molar-refractivity contribution >= 4 is 17.0 Å². The molecule has 21 heavy (non-hydrogen) atoms. The van der Waals surface area contributed by atoms with Gasteiger partial charge in [0.2, 0.25) is 5.60 Å². The maximum atomic E-state index is 10.2. The van der Waals surface area contributed by atoms with Gasteiger partial charge in [-0.15, -0.1) is 0 Å². The van der Waals surface area contributed by atoms with Crippen LogP contribution in [0.15, 0.2) is 12.7 Å². The molecule has 9 heteroatoms. The molecule has 3 rings (SSSR count). The van der Waals surface area contributed by atoms with Gasteiger partial charge in [0, 0.05) is 5.92 Å². The highest BCUT2D eigenvalue weighted by atomic mass is 16.6. The number of nitriles is 1. The summed E-state index contributed by atoms with van der Waals surface area (Å²) in [5.41, 5.74) is 4.93. The minimum absolute atomic E-state index is 0.235. The van der Waals surface area contributed by atoms with Gasteiger partial charge in [0.15, 0.2) is 11.5 Å². The number of fused-ring (bicyclic) bond motifs is 1. The van der Waals surface area contributed by atoms with Gasteiger partial charge >= 0.3 is 0 Å². The van der Waals surface area contributed by atoms with Crippen LogP contribution in [-0.4, -0.2) is 48.0 Å². The Morgan fingerprint density at radius 2 is 2.29 bits per heavy atom. The molecule has 0 aliphatic carbocycles. The van der Waals surface area contributed by atoms with Crippen molar-refractivity contribution in [2.45, 2.75) is 24.9 Å². The van der Waals surface area contributed by atoms with Crippen LogP contribution >= 0.6 is 0 Å². The molecular formula is C12H14N6O3. The number of ether oxygens (including phenoxy) is 1. The van der Waals surface area contributed by atoms with Crippen LogP contribution in [0.5, 0.6) is 0 Å². The van der Waals surface area contributed by atoms with Crippen LogP contribution in [0, 0.1) is 17.2 Å². The summed E-state index contributed by atoms with van der Waals surface area (Å²) in [4.78, 5) is 12.1. The summed E-state index contributed by atoms with van der Waals surface area (Å²) in [6, 6.07) is 1.85. The lowest BCUT2D eigenvalue weighted by Crippen LogP contribution is -2.43. The molecule has 1 saturated heterocycles. The van der Waals surface area contributed by atoms with Gasteiger partial charge in [-0.3, -0.25) is 4.57 Å². The van der Waals surface area contributed by atoms with Crippen molar-refractivity contribution in [2.24, 2.45) is 5.92 Å². The van der Waals surface area contributed by atoms with Crippen LogP contribution < -0.4 is 5.73 Å². The third-order valence-electron chi connectivity index (χ3n) is 3.84. The lowest BCUT2D eigenvalue weighted by Gasteiger charge is -2.21. The predicted molar refractivity (Wildman–Crippen MR) is 70.5 cm³/mol. The molecule has 9 nitrogen and oxygen atoms in total. The summed E-state index contributed by atoms with van der Waals surface area (Å²) in [5, 5.41) is 28.8. The molecule has 0 spiro atoms. The smallest absolute Gasteiger partial charge is 0.205 e. The normalized spacial score (nSPS) is 32.4. The van der Waals surface area contributed by atoms with Crippen molar-refractivity contribution in [1.82, 2.24) is 19.5 Å². The van der Waals surface area contributed by atoms with Crippen molar-refractivity contribution in [3.63, 3.8) is 0 Å². The summed E-state index contributed by atoms with van der Waals surface area (Å²) < 4.78 is 7.20. The lowest BCUT2D eigenvalue weighted by atomic mass is 9.92. The summed E-state index contributed by atoms with van der Waals surface area (Å²) >= 11 is 0. The van der Waals surface area contributed by atoms with Crippen LogP contribution in [0.1, 0.15) is 13.2 Å². The number of aliphatic hydroxyl groups is 2. The fourth-order valence-corrected chi connectivity index (χ4v) is 2.60. The van der Waals surface area contributed by atoms with E-state index in [0.717, 1.165) is 0 Å². The average molecular weight is 290 g/mol. The van der Waals surface area contributed by atoms with E-state index in [1.165, 1.54) is 12.7 Å². The Bertz CT molecular complexity index is 725. The van der Waals surface area contributed by atoms with E-state index in [1.54, 1.807) is 11.5 Å². The monoisotopic (exact) mass is 290 g/mol. The van der Waals surface area contributed by atoms with Gasteiger partial charge in [0.25, 0.3) is 0 Å². The first-order chi connectivity index (χ1) is 10.0. The van der Waals surface area contributed by atoms with Crippen LogP contribution in [0.2, 0.25) is 0 Å². The lowest BCUT2D eigenvalue weighted by molar-refractivity contribution is -0.0909. The number of hydrogen-bond acceptors (Lipinski definition) is 8. The van der Waals surface area contributed by atoms with Crippen molar-refractivity contribution in [3.05, 3.63) is 12.7 Å². The molecule has 2 aromatic heterocycles. The van der Waals surface area contributed by atoms with Gasteiger partial charge in [-0.2, -0.15) is 5.26 Å². The third-order valence-corrected chi connectivity index (χ3v) is 3.84. The number of aliphatic hydroxyl groups excluding tert-OH is 2. The van der Waals surface area contributed by atoms with E-state index in [2.05, 4.69) is 15.0 Å². The quantitative estimate of drug-likeness (QED) is 0.651. The van der Waals surface area contributed by atoms with E-state index in [-0.39, 0.29) is 5.82 Å². The molecule has 4 atom stereocenters. The topological polar surface area (TPSA) is 143 Å². The van der Waals surface area contributed by atoms with Gasteiger partial charge < -0.3 is 20.7 Å². The zero-order chi connectivity index (χ0) is 15.2. The number of aromatic nitrogens is 4. The SMILES string of the molecule is C[C@@H]1[C@H](n2cnc3c(N)ncnc32)O[C@](C#N)(CO)[C@H]1O.